The first-order chi connectivity index (χ1) is 20.0. The molecule has 0 saturated carbocycles. The van der Waals surface area contributed by atoms with Crippen LogP contribution in [0, 0.1) is 5.92 Å². The van der Waals surface area contributed by atoms with E-state index in [-0.39, 0.29) is 53.5 Å². The maximum atomic E-state index is 13.7. The molecule has 3 N–H and O–H groups in total. The third kappa shape index (κ3) is 7.12. The van der Waals surface area contributed by atoms with E-state index in [1.165, 1.54) is 29.2 Å². The van der Waals surface area contributed by atoms with E-state index in [2.05, 4.69) is 10.0 Å². The third-order valence-electron chi connectivity index (χ3n) is 7.11. The Bertz CT molecular complexity index is 1500. The van der Waals surface area contributed by atoms with Crippen LogP contribution in [0.5, 0.6) is 11.5 Å². The second kappa shape index (κ2) is 13.1. The molecule has 0 saturated heterocycles. The largest absolute Gasteiger partial charge is 0.497 e. The van der Waals surface area contributed by atoms with Crippen LogP contribution in [0.1, 0.15) is 24.2 Å². The highest BCUT2D eigenvalue weighted by atomic mass is 32.2. The molecule has 224 valence electrons. The number of ether oxygens (including phenoxy) is 2. The van der Waals surface area contributed by atoms with Gasteiger partial charge in [-0.1, -0.05) is 25.1 Å². The number of urea groups is 1. The molecule has 1 aliphatic heterocycles. The van der Waals surface area contributed by atoms with Crippen molar-refractivity contribution in [2.24, 2.45) is 5.92 Å². The number of methoxy groups -OCH3 is 1. The molecule has 3 aromatic rings. The molecule has 1 aliphatic rings. The molecule has 0 aromatic heterocycles. The highest BCUT2D eigenvalue weighted by molar-refractivity contribution is 7.92. The minimum absolute atomic E-state index is 0.0830. The number of sulfonamides is 1. The van der Waals surface area contributed by atoms with Crippen LogP contribution < -0.4 is 19.5 Å². The van der Waals surface area contributed by atoms with Crippen molar-refractivity contribution in [2.75, 3.05) is 43.9 Å². The number of fused-ring (bicyclic) bond motifs is 1. The number of amides is 3. The van der Waals surface area contributed by atoms with Crippen molar-refractivity contribution in [1.29, 1.82) is 0 Å². The highest BCUT2D eigenvalue weighted by Gasteiger charge is 2.34. The molecular formula is C30H36N4O7S. The summed E-state index contributed by atoms with van der Waals surface area (Å²) >= 11 is 0. The van der Waals surface area contributed by atoms with Gasteiger partial charge in [-0.2, -0.15) is 0 Å². The summed E-state index contributed by atoms with van der Waals surface area (Å²) in [6.45, 7) is 3.83. The van der Waals surface area contributed by atoms with Crippen molar-refractivity contribution in [3.63, 3.8) is 0 Å². The first-order valence-corrected chi connectivity index (χ1v) is 15.0. The van der Waals surface area contributed by atoms with Gasteiger partial charge in [-0.05, 0) is 61.5 Å². The SMILES string of the molecule is COc1ccc(NC(=O)N(C)C[C@@H]2Oc3ccc(NS(=O)(=O)c4ccccc4)cc3C(=O)N([C@@H](C)CO)C[C@@H]2C)cc1. The lowest BCUT2D eigenvalue weighted by Gasteiger charge is -2.38. The van der Waals surface area contributed by atoms with Gasteiger partial charge in [0.05, 0.1) is 36.8 Å². The summed E-state index contributed by atoms with van der Waals surface area (Å²) in [5.41, 5.74) is 0.932. The Labute approximate surface area is 246 Å². The fourth-order valence-electron chi connectivity index (χ4n) is 4.56. The number of hydrogen-bond acceptors (Lipinski definition) is 7. The average Bonchev–Trinajstić information content (AvgIpc) is 2.99. The molecule has 0 fully saturated rings. The molecule has 1 heterocycles. The fraction of sp³-hybridized carbons (Fsp3) is 0.333. The second-order valence-corrected chi connectivity index (χ2v) is 12.0. The van der Waals surface area contributed by atoms with E-state index in [0.29, 0.717) is 11.4 Å². The van der Waals surface area contributed by atoms with E-state index in [1.54, 1.807) is 74.5 Å². The van der Waals surface area contributed by atoms with E-state index < -0.39 is 28.1 Å². The van der Waals surface area contributed by atoms with Crippen LogP contribution in [0.4, 0.5) is 16.2 Å². The third-order valence-corrected chi connectivity index (χ3v) is 8.51. The number of anilines is 2. The van der Waals surface area contributed by atoms with Crippen molar-refractivity contribution in [1.82, 2.24) is 9.80 Å². The van der Waals surface area contributed by atoms with Crippen LogP contribution in [0.15, 0.2) is 77.7 Å². The van der Waals surface area contributed by atoms with Crippen molar-refractivity contribution in [3.05, 3.63) is 78.4 Å². The fourth-order valence-corrected chi connectivity index (χ4v) is 5.63. The van der Waals surface area contributed by atoms with Crippen molar-refractivity contribution >= 4 is 33.3 Å². The number of carbonyl (C=O) groups excluding carboxylic acids is 2. The van der Waals surface area contributed by atoms with Gasteiger partial charge in [0.1, 0.15) is 17.6 Å². The molecule has 0 bridgehead atoms. The molecule has 0 spiro atoms. The Morgan fingerprint density at radius 3 is 2.43 bits per heavy atom. The zero-order valence-corrected chi connectivity index (χ0v) is 24.8. The topological polar surface area (TPSA) is 138 Å². The monoisotopic (exact) mass is 596 g/mol. The summed E-state index contributed by atoms with van der Waals surface area (Å²) in [7, 11) is -0.684. The number of benzene rings is 3. The van der Waals surface area contributed by atoms with E-state index >= 15 is 0 Å². The zero-order valence-electron chi connectivity index (χ0n) is 24.0. The number of likely N-dealkylation sites (N-methyl/N-ethyl adjacent to an activating group) is 1. The molecule has 0 radical (unpaired) electrons. The first kappa shape index (κ1) is 30.7. The van der Waals surface area contributed by atoms with Crippen LogP contribution in [0.2, 0.25) is 0 Å². The Morgan fingerprint density at radius 2 is 1.79 bits per heavy atom. The molecule has 11 nitrogen and oxygen atoms in total. The number of aliphatic hydroxyl groups is 1. The summed E-state index contributed by atoms with van der Waals surface area (Å²) in [6.07, 6.45) is -0.524. The van der Waals surface area contributed by atoms with Gasteiger partial charge in [-0.15, -0.1) is 0 Å². The Hall–Kier alpha value is -4.29. The summed E-state index contributed by atoms with van der Waals surface area (Å²) in [5.74, 6) is 0.300. The summed E-state index contributed by atoms with van der Waals surface area (Å²) in [4.78, 5) is 29.8. The lowest BCUT2D eigenvalue weighted by atomic mass is 9.99. The number of nitrogens with zero attached hydrogens (tertiary/aromatic N) is 2. The van der Waals surface area contributed by atoms with Crippen LogP contribution >= 0.6 is 0 Å². The molecule has 12 heteroatoms. The van der Waals surface area contributed by atoms with Crippen molar-refractivity contribution in [2.45, 2.75) is 30.9 Å². The van der Waals surface area contributed by atoms with E-state index in [4.69, 9.17) is 9.47 Å². The van der Waals surface area contributed by atoms with Crippen LogP contribution in [-0.4, -0.2) is 81.3 Å². The molecule has 4 rings (SSSR count). The summed E-state index contributed by atoms with van der Waals surface area (Å²) in [5, 5.41) is 12.7. The molecule has 42 heavy (non-hydrogen) atoms. The molecule has 3 amide bonds. The van der Waals surface area contributed by atoms with Gasteiger partial charge in [-0.25, -0.2) is 13.2 Å². The quantitative estimate of drug-likeness (QED) is 0.341. The predicted octanol–water partition coefficient (Wildman–Crippen LogP) is 3.88. The average molecular weight is 597 g/mol. The van der Waals surface area contributed by atoms with Gasteiger partial charge in [0.15, 0.2) is 0 Å². The number of nitrogens with one attached hydrogen (secondary N) is 2. The van der Waals surface area contributed by atoms with E-state index in [1.807, 2.05) is 6.92 Å². The van der Waals surface area contributed by atoms with Gasteiger partial charge in [0, 0.05) is 30.9 Å². The smallest absolute Gasteiger partial charge is 0.321 e. The zero-order chi connectivity index (χ0) is 30.4. The summed E-state index contributed by atoms with van der Waals surface area (Å²) in [6, 6.07) is 18.5. The Balaban J connectivity index is 1.59. The normalized spacial score (nSPS) is 17.6. The Kier molecular flexibility index (Phi) is 9.59. The first-order valence-electron chi connectivity index (χ1n) is 13.5. The standard InChI is InChI=1S/C30H36N4O7S/c1-20-17-34(21(2)19-35)29(36)26-16-23(32-42(38,39)25-8-6-5-7-9-25)12-15-27(26)41-28(20)18-33(3)30(37)31-22-10-13-24(40-4)14-11-22/h5-16,20-21,28,32,35H,17-19H2,1-4H3,(H,31,37)/t20-,21-,28-/m0/s1. The van der Waals surface area contributed by atoms with Crippen LogP contribution in [0.25, 0.3) is 0 Å². The lowest BCUT2D eigenvalue weighted by Crippen LogP contribution is -2.50. The summed E-state index contributed by atoms with van der Waals surface area (Å²) < 4.78 is 39.8. The highest BCUT2D eigenvalue weighted by Crippen LogP contribution is 2.31. The van der Waals surface area contributed by atoms with E-state index in [9.17, 15) is 23.1 Å². The minimum Gasteiger partial charge on any atom is -0.497 e. The van der Waals surface area contributed by atoms with Crippen LogP contribution in [0.3, 0.4) is 0 Å². The molecule has 0 unspecified atom stereocenters. The number of rotatable bonds is 9. The van der Waals surface area contributed by atoms with E-state index in [0.717, 1.165) is 0 Å². The van der Waals surface area contributed by atoms with Crippen LogP contribution in [-0.2, 0) is 10.0 Å². The van der Waals surface area contributed by atoms with Gasteiger partial charge >= 0.3 is 6.03 Å². The molecule has 3 aromatic carbocycles. The molecular weight excluding hydrogens is 560 g/mol. The second-order valence-electron chi connectivity index (χ2n) is 10.3. The van der Waals surface area contributed by atoms with Gasteiger partial charge < -0.3 is 29.7 Å². The molecule has 3 atom stereocenters. The number of hydrogen-bond donors (Lipinski definition) is 3. The van der Waals surface area contributed by atoms with Crippen molar-refractivity contribution < 1.29 is 32.6 Å². The molecule has 0 aliphatic carbocycles. The minimum atomic E-state index is -3.90. The lowest BCUT2D eigenvalue weighted by molar-refractivity contribution is 0.0371. The predicted molar refractivity (Wildman–Crippen MR) is 159 cm³/mol. The number of aliphatic hydroxyl groups excluding tert-OH is 1. The number of carbonyl (C=O) groups is 2. The van der Waals surface area contributed by atoms with Gasteiger partial charge in [0.2, 0.25) is 0 Å². The van der Waals surface area contributed by atoms with Gasteiger partial charge in [-0.3, -0.25) is 9.52 Å². The maximum Gasteiger partial charge on any atom is 0.321 e. The van der Waals surface area contributed by atoms with Gasteiger partial charge in [0.25, 0.3) is 15.9 Å². The Morgan fingerprint density at radius 1 is 1.12 bits per heavy atom. The maximum absolute atomic E-state index is 13.7. The van der Waals surface area contributed by atoms with Crippen molar-refractivity contribution in [3.8, 4) is 11.5 Å².